The highest BCUT2D eigenvalue weighted by atomic mass is 16.4. The van der Waals surface area contributed by atoms with Gasteiger partial charge in [-0.15, -0.1) is 0 Å². The Labute approximate surface area is 100 Å². The molecule has 17 heavy (non-hydrogen) atoms. The number of nitrogens with zero attached hydrogens (tertiary/aromatic N) is 1. The highest BCUT2D eigenvalue weighted by molar-refractivity contribution is 5.67. The van der Waals surface area contributed by atoms with Gasteiger partial charge in [-0.25, -0.2) is 4.79 Å². The predicted molar refractivity (Wildman–Crippen MR) is 63.7 cm³/mol. The Balaban J connectivity index is 1.80. The van der Waals surface area contributed by atoms with Gasteiger partial charge >= 0.3 is 6.09 Å². The molecule has 1 aromatic rings. The van der Waals surface area contributed by atoms with Crippen LogP contribution in [0.3, 0.4) is 0 Å². The predicted octanol–water partition coefficient (Wildman–Crippen LogP) is 1.53. The molecule has 2 aliphatic rings. The molecule has 2 fully saturated rings. The zero-order valence-electron chi connectivity index (χ0n) is 9.60. The Kier molecular flexibility index (Phi) is 2.33. The molecule has 1 saturated carbocycles. The van der Waals surface area contributed by atoms with Crippen molar-refractivity contribution in [3.63, 3.8) is 0 Å². The molecule has 4 nitrogen and oxygen atoms in total. The van der Waals surface area contributed by atoms with E-state index in [1.54, 1.807) is 4.90 Å². The average molecular weight is 232 g/mol. The van der Waals surface area contributed by atoms with Crippen LogP contribution in [0.5, 0.6) is 0 Å². The van der Waals surface area contributed by atoms with Crippen LogP contribution in [0.25, 0.3) is 0 Å². The first-order chi connectivity index (χ1) is 8.22. The fourth-order valence-corrected chi connectivity index (χ4v) is 2.92. The van der Waals surface area contributed by atoms with Gasteiger partial charge < -0.3 is 10.4 Å². The lowest BCUT2D eigenvalue weighted by Gasteiger charge is -2.28. The third kappa shape index (κ3) is 1.69. The minimum atomic E-state index is -0.806. The Bertz CT molecular complexity index is 434. The monoisotopic (exact) mass is 232 g/mol. The van der Waals surface area contributed by atoms with E-state index in [2.05, 4.69) is 5.32 Å². The lowest BCUT2D eigenvalue weighted by Crippen LogP contribution is -2.44. The molecule has 2 unspecified atom stereocenters. The quantitative estimate of drug-likeness (QED) is 0.831. The topological polar surface area (TPSA) is 52.6 Å². The molecule has 1 aliphatic carbocycles. The van der Waals surface area contributed by atoms with E-state index in [4.69, 9.17) is 0 Å². The summed E-state index contributed by atoms with van der Waals surface area (Å²) in [6.45, 7) is 2.25. The molecule has 1 aromatic carbocycles. The summed E-state index contributed by atoms with van der Waals surface area (Å²) in [6.07, 6.45) is 0.208. The molecule has 1 aliphatic heterocycles. The normalized spacial score (nSPS) is 29.8. The van der Waals surface area contributed by atoms with Gasteiger partial charge in [0.2, 0.25) is 0 Å². The Morgan fingerprint density at radius 2 is 2.24 bits per heavy atom. The molecule has 1 saturated heterocycles. The average Bonchev–Trinajstić information content (AvgIpc) is 2.89. The first-order valence-electron chi connectivity index (χ1n) is 5.97. The van der Waals surface area contributed by atoms with Crippen LogP contribution in [0.4, 0.5) is 4.79 Å². The van der Waals surface area contributed by atoms with Gasteiger partial charge in [-0.05, 0) is 17.9 Å². The lowest BCUT2D eigenvalue weighted by atomic mass is 10.1. The molecule has 0 radical (unpaired) electrons. The Hall–Kier alpha value is -1.55. The second-order valence-electron chi connectivity index (χ2n) is 4.99. The van der Waals surface area contributed by atoms with Crippen LogP contribution in [-0.2, 0) is 6.54 Å². The van der Waals surface area contributed by atoms with Crippen molar-refractivity contribution in [2.24, 2.45) is 5.92 Å². The second-order valence-corrected chi connectivity index (χ2v) is 4.99. The van der Waals surface area contributed by atoms with E-state index in [0.717, 1.165) is 25.1 Å². The summed E-state index contributed by atoms with van der Waals surface area (Å²) in [6, 6.07) is 9.80. The smallest absolute Gasteiger partial charge is 0.408 e. The summed E-state index contributed by atoms with van der Waals surface area (Å²) in [4.78, 5) is 13.0. The molecule has 3 rings (SSSR count). The molecule has 1 amide bonds. The highest BCUT2D eigenvalue weighted by Gasteiger charge is 2.62. The van der Waals surface area contributed by atoms with E-state index in [1.165, 1.54) is 0 Å². The summed E-state index contributed by atoms with van der Waals surface area (Å²) in [5.74, 6) is 0.516. The number of rotatable bonds is 3. The first-order valence-corrected chi connectivity index (χ1v) is 5.97. The largest absolute Gasteiger partial charge is 0.465 e. The van der Waals surface area contributed by atoms with Gasteiger partial charge in [0.15, 0.2) is 0 Å². The summed E-state index contributed by atoms with van der Waals surface area (Å²) < 4.78 is 0. The molecular formula is C13H16N2O2. The molecule has 4 heteroatoms. The van der Waals surface area contributed by atoms with Crippen LogP contribution in [0, 0.1) is 5.92 Å². The van der Waals surface area contributed by atoms with Gasteiger partial charge in [0, 0.05) is 19.6 Å². The maximum absolute atomic E-state index is 11.4. The fourth-order valence-electron chi connectivity index (χ4n) is 2.92. The number of piperidine rings is 1. The van der Waals surface area contributed by atoms with Gasteiger partial charge in [-0.1, -0.05) is 30.3 Å². The van der Waals surface area contributed by atoms with Crippen molar-refractivity contribution < 1.29 is 9.90 Å². The number of fused-ring (bicyclic) bond motifs is 1. The maximum atomic E-state index is 11.4. The Morgan fingerprint density at radius 3 is 2.76 bits per heavy atom. The molecule has 0 spiro atoms. The zero-order chi connectivity index (χ0) is 11.9. The van der Waals surface area contributed by atoms with Gasteiger partial charge in [0.1, 0.15) is 0 Å². The van der Waals surface area contributed by atoms with Crippen molar-refractivity contribution in [3.8, 4) is 0 Å². The van der Waals surface area contributed by atoms with Crippen LogP contribution < -0.4 is 5.32 Å². The first kappa shape index (κ1) is 10.6. The van der Waals surface area contributed by atoms with E-state index in [0.29, 0.717) is 12.5 Å². The maximum Gasteiger partial charge on any atom is 0.408 e. The number of carbonyl (C=O) groups is 1. The number of hydrogen-bond acceptors (Lipinski definition) is 2. The van der Waals surface area contributed by atoms with Crippen LogP contribution >= 0.6 is 0 Å². The van der Waals surface area contributed by atoms with Crippen LogP contribution in [0.1, 0.15) is 12.0 Å². The molecule has 2 atom stereocenters. The SMILES string of the molecule is O=C(O)N(Cc1ccccc1)C12CNCC1C2. The van der Waals surface area contributed by atoms with E-state index < -0.39 is 6.09 Å². The van der Waals surface area contributed by atoms with E-state index in [-0.39, 0.29) is 5.54 Å². The standard InChI is InChI=1S/C13H16N2O2/c16-12(17)15(8-10-4-2-1-3-5-10)13-6-11(13)7-14-9-13/h1-5,11,14H,6-9H2,(H,16,17). The van der Waals surface area contributed by atoms with Crippen molar-refractivity contribution in [3.05, 3.63) is 35.9 Å². The molecule has 0 bridgehead atoms. The summed E-state index contributed by atoms with van der Waals surface area (Å²) in [5, 5.41) is 12.7. The van der Waals surface area contributed by atoms with Crippen LogP contribution in [0.15, 0.2) is 30.3 Å². The van der Waals surface area contributed by atoms with E-state index >= 15 is 0 Å². The summed E-state index contributed by atoms with van der Waals surface area (Å²) in [7, 11) is 0. The minimum Gasteiger partial charge on any atom is -0.465 e. The lowest BCUT2D eigenvalue weighted by molar-refractivity contribution is 0.113. The van der Waals surface area contributed by atoms with Gasteiger partial charge in [0.05, 0.1) is 5.54 Å². The van der Waals surface area contributed by atoms with Crippen molar-refractivity contribution in [2.75, 3.05) is 13.1 Å². The van der Waals surface area contributed by atoms with E-state index in [9.17, 15) is 9.90 Å². The molecule has 0 aromatic heterocycles. The number of carboxylic acid groups (broad SMARTS) is 1. The fraction of sp³-hybridized carbons (Fsp3) is 0.462. The summed E-state index contributed by atoms with van der Waals surface area (Å²) >= 11 is 0. The number of nitrogens with one attached hydrogen (secondary N) is 1. The molecule has 2 N–H and O–H groups in total. The number of benzene rings is 1. The molecule has 90 valence electrons. The highest BCUT2D eigenvalue weighted by Crippen LogP contribution is 2.51. The van der Waals surface area contributed by atoms with Crippen molar-refractivity contribution >= 4 is 6.09 Å². The van der Waals surface area contributed by atoms with Gasteiger partial charge in [-0.2, -0.15) is 0 Å². The third-order valence-corrected chi connectivity index (χ3v) is 3.97. The summed E-state index contributed by atoms with van der Waals surface area (Å²) in [5.41, 5.74) is 0.934. The van der Waals surface area contributed by atoms with Crippen LogP contribution in [-0.4, -0.2) is 34.7 Å². The van der Waals surface area contributed by atoms with Crippen LogP contribution in [0.2, 0.25) is 0 Å². The molecule has 1 heterocycles. The van der Waals surface area contributed by atoms with Crippen molar-refractivity contribution in [1.29, 1.82) is 0 Å². The van der Waals surface area contributed by atoms with Crippen molar-refractivity contribution in [2.45, 2.75) is 18.5 Å². The van der Waals surface area contributed by atoms with Gasteiger partial charge in [0.25, 0.3) is 0 Å². The number of amides is 1. The molecular weight excluding hydrogens is 216 g/mol. The van der Waals surface area contributed by atoms with Gasteiger partial charge in [-0.3, -0.25) is 4.90 Å². The van der Waals surface area contributed by atoms with Crippen molar-refractivity contribution in [1.82, 2.24) is 10.2 Å². The van der Waals surface area contributed by atoms with E-state index in [1.807, 2.05) is 30.3 Å². The number of hydrogen-bond donors (Lipinski definition) is 2. The second kappa shape index (κ2) is 3.74. The Morgan fingerprint density at radius 1 is 1.47 bits per heavy atom. The minimum absolute atomic E-state index is 0.123. The zero-order valence-corrected chi connectivity index (χ0v) is 9.60. The third-order valence-electron chi connectivity index (χ3n) is 3.97.